The Labute approximate surface area is 114 Å². The van der Waals surface area contributed by atoms with Crippen LogP contribution in [-0.4, -0.2) is 17.1 Å². The van der Waals surface area contributed by atoms with Crippen molar-refractivity contribution in [1.82, 2.24) is 5.32 Å². The van der Waals surface area contributed by atoms with Gasteiger partial charge >= 0.3 is 0 Å². The van der Waals surface area contributed by atoms with Crippen LogP contribution in [0.1, 0.15) is 38.8 Å². The van der Waals surface area contributed by atoms with Crippen LogP contribution in [0.4, 0.5) is 0 Å². The molecule has 4 nitrogen and oxygen atoms in total. The molecule has 1 aliphatic carbocycles. The molecule has 0 atom stereocenters. The van der Waals surface area contributed by atoms with Crippen molar-refractivity contribution in [2.45, 2.75) is 40.3 Å². The zero-order chi connectivity index (χ0) is 14.3. The standard InChI is InChI=1S/C15H23N3O/c1-14(2)13(15(14,3)4)17-9-10-7-5-6-8-11(10)12(16)18-19/h5-8,13,17,19H,9H2,1-4H3,(H2,16,18). The number of hydrogen-bond acceptors (Lipinski definition) is 3. The molecule has 2 rings (SSSR count). The summed E-state index contributed by atoms with van der Waals surface area (Å²) in [4.78, 5) is 0. The van der Waals surface area contributed by atoms with E-state index in [2.05, 4.69) is 38.2 Å². The fraction of sp³-hybridized carbons (Fsp3) is 0.533. The van der Waals surface area contributed by atoms with Gasteiger partial charge in [0.2, 0.25) is 0 Å². The number of amidine groups is 1. The summed E-state index contributed by atoms with van der Waals surface area (Å²) in [5, 5.41) is 15.5. The lowest BCUT2D eigenvalue weighted by molar-refractivity contribution is 0.318. The molecule has 1 aromatic carbocycles. The van der Waals surface area contributed by atoms with Crippen LogP contribution in [0, 0.1) is 10.8 Å². The zero-order valence-electron chi connectivity index (χ0n) is 12.1. The zero-order valence-corrected chi connectivity index (χ0v) is 12.1. The van der Waals surface area contributed by atoms with Gasteiger partial charge in [0.05, 0.1) is 0 Å². The molecule has 0 aliphatic heterocycles. The summed E-state index contributed by atoms with van der Waals surface area (Å²) in [6.45, 7) is 9.84. The van der Waals surface area contributed by atoms with Crippen LogP contribution in [0.3, 0.4) is 0 Å². The quantitative estimate of drug-likeness (QED) is 0.337. The van der Waals surface area contributed by atoms with E-state index < -0.39 is 0 Å². The summed E-state index contributed by atoms with van der Waals surface area (Å²) >= 11 is 0. The molecule has 0 unspecified atom stereocenters. The molecule has 104 valence electrons. The highest BCUT2D eigenvalue weighted by molar-refractivity contribution is 5.98. The summed E-state index contributed by atoms with van der Waals surface area (Å²) in [6.07, 6.45) is 0. The number of oxime groups is 1. The predicted molar refractivity (Wildman–Crippen MR) is 77.1 cm³/mol. The average molecular weight is 261 g/mol. The molecule has 19 heavy (non-hydrogen) atoms. The summed E-state index contributed by atoms with van der Waals surface area (Å²) < 4.78 is 0. The summed E-state index contributed by atoms with van der Waals surface area (Å²) in [5.74, 6) is 0.159. The molecule has 1 saturated carbocycles. The number of nitrogens with two attached hydrogens (primary N) is 1. The first-order valence-corrected chi connectivity index (χ1v) is 6.61. The van der Waals surface area contributed by atoms with Crippen molar-refractivity contribution < 1.29 is 5.21 Å². The highest BCUT2D eigenvalue weighted by Gasteiger charge is 2.64. The van der Waals surface area contributed by atoms with E-state index in [1.54, 1.807) is 0 Å². The van der Waals surface area contributed by atoms with E-state index in [9.17, 15) is 0 Å². The Bertz CT molecular complexity index is 492. The molecule has 0 bridgehead atoms. The normalized spacial score (nSPS) is 21.4. The smallest absolute Gasteiger partial charge is 0.170 e. The van der Waals surface area contributed by atoms with E-state index in [0.29, 0.717) is 16.9 Å². The second-order valence-corrected chi connectivity index (χ2v) is 6.40. The van der Waals surface area contributed by atoms with Crippen molar-refractivity contribution in [1.29, 1.82) is 0 Å². The second kappa shape index (κ2) is 4.53. The Morgan fingerprint density at radius 1 is 1.26 bits per heavy atom. The summed E-state index contributed by atoms with van der Waals surface area (Å²) in [5.41, 5.74) is 8.14. The predicted octanol–water partition coefficient (Wildman–Crippen LogP) is 2.31. The van der Waals surface area contributed by atoms with Gasteiger partial charge in [0.1, 0.15) is 0 Å². The fourth-order valence-corrected chi connectivity index (χ4v) is 2.90. The van der Waals surface area contributed by atoms with Crippen LogP contribution in [0.25, 0.3) is 0 Å². The number of benzene rings is 1. The Morgan fingerprint density at radius 3 is 2.37 bits per heavy atom. The minimum atomic E-state index is 0.159. The van der Waals surface area contributed by atoms with Crippen LogP contribution in [0.15, 0.2) is 29.4 Å². The number of nitrogens with one attached hydrogen (secondary N) is 1. The van der Waals surface area contributed by atoms with E-state index >= 15 is 0 Å². The van der Waals surface area contributed by atoms with E-state index in [1.807, 2.05) is 24.3 Å². The van der Waals surface area contributed by atoms with Gasteiger partial charge in [-0.05, 0) is 16.4 Å². The van der Waals surface area contributed by atoms with E-state index in [1.165, 1.54) is 0 Å². The molecule has 0 saturated heterocycles. The van der Waals surface area contributed by atoms with Crippen molar-refractivity contribution in [2.24, 2.45) is 21.7 Å². The molecule has 4 heteroatoms. The van der Waals surface area contributed by atoms with Gasteiger partial charge in [-0.1, -0.05) is 57.1 Å². The van der Waals surface area contributed by atoms with E-state index in [-0.39, 0.29) is 5.84 Å². The first-order valence-electron chi connectivity index (χ1n) is 6.61. The van der Waals surface area contributed by atoms with Crippen molar-refractivity contribution >= 4 is 5.84 Å². The lowest BCUT2D eigenvalue weighted by atomic mass is 10.0. The number of nitrogens with zero attached hydrogens (tertiary/aromatic N) is 1. The summed E-state index contributed by atoms with van der Waals surface area (Å²) in [6, 6.07) is 8.22. The maximum Gasteiger partial charge on any atom is 0.170 e. The molecule has 4 N–H and O–H groups in total. The molecular formula is C15H23N3O. The lowest BCUT2D eigenvalue weighted by Crippen LogP contribution is -2.24. The highest BCUT2D eigenvalue weighted by atomic mass is 16.4. The number of rotatable bonds is 4. The Hall–Kier alpha value is -1.55. The molecule has 0 radical (unpaired) electrons. The van der Waals surface area contributed by atoms with Crippen LogP contribution in [0.5, 0.6) is 0 Å². The van der Waals surface area contributed by atoms with Crippen molar-refractivity contribution in [3.8, 4) is 0 Å². The number of hydrogen-bond donors (Lipinski definition) is 3. The molecule has 0 aromatic heterocycles. The minimum absolute atomic E-state index is 0.159. The Balaban J connectivity index is 2.10. The third-order valence-corrected chi connectivity index (χ3v) is 4.92. The summed E-state index contributed by atoms with van der Waals surface area (Å²) in [7, 11) is 0. The lowest BCUT2D eigenvalue weighted by Gasteiger charge is -2.10. The van der Waals surface area contributed by atoms with Gasteiger partial charge in [-0.2, -0.15) is 0 Å². The minimum Gasteiger partial charge on any atom is -0.409 e. The molecule has 0 spiro atoms. The average Bonchev–Trinajstić information content (AvgIpc) is 2.76. The van der Waals surface area contributed by atoms with Gasteiger partial charge in [-0.15, -0.1) is 0 Å². The maximum absolute atomic E-state index is 8.81. The topological polar surface area (TPSA) is 70.6 Å². The van der Waals surface area contributed by atoms with Gasteiger partial charge in [0.25, 0.3) is 0 Å². The van der Waals surface area contributed by atoms with Gasteiger partial charge < -0.3 is 16.3 Å². The van der Waals surface area contributed by atoms with Crippen molar-refractivity contribution in [3.63, 3.8) is 0 Å². The third kappa shape index (κ3) is 2.21. The van der Waals surface area contributed by atoms with Crippen LogP contribution < -0.4 is 11.1 Å². The second-order valence-electron chi connectivity index (χ2n) is 6.40. The van der Waals surface area contributed by atoms with Gasteiger partial charge in [-0.3, -0.25) is 0 Å². The van der Waals surface area contributed by atoms with Crippen LogP contribution in [0.2, 0.25) is 0 Å². The third-order valence-electron chi connectivity index (χ3n) is 4.92. The Kier molecular flexibility index (Phi) is 3.31. The van der Waals surface area contributed by atoms with Gasteiger partial charge in [0.15, 0.2) is 5.84 Å². The van der Waals surface area contributed by atoms with E-state index in [4.69, 9.17) is 10.9 Å². The molecular weight excluding hydrogens is 238 g/mol. The first-order chi connectivity index (χ1) is 8.82. The highest BCUT2D eigenvalue weighted by Crippen LogP contribution is 2.62. The van der Waals surface area contributed by atoms with Crippen LogP contribution >= 0.6 is 0 Å². The largest absolute Gasteiger partial charge is 0.409 e. The fourth-order valence-electron chi connectivity index (χ4n) is 2.90. The van der Waals surface area contributed by atoms with Crippen molar-refractivity contribution in [3.05, 3.63) is 35.4 Å². The molecule has 0 amide bonds. The monoisotopic (exact) mass is 261 g/mol. The first kappa shape index (κ1) is 13.9. The maximum atomic E-state index is 8.81. The molecule has 1 fully saturated rings. The van der Waals surface area contributed by atoms with Gasteiger partial charge in [0, 0.05) is 18.2 Å². The SMILES string of the molecule is CC1(C)C(NCc2ccccc2C(N)=NO)C1(C)C. The molecule has 1 aliphatic rings. The Morgan fingerprint density at radius 2 is 1.84 bits per heavy atom. The molecule has 0 heterocycles. The van der Waals surface area contributed by atoms with E-state index in [0.717, 1.165) is 17.7 Å². The van der Waals surface area contributed by atoms with Gasteiger partial charge in [-0.25, -0.2) is 0 Å². The van der Waals surface area contributed by atoms with Crippen molar-refractivity contribution in [2.75, 3.05) is 0 Å². The molecule has 1 aromatic rings. The van der Waals surface area contributed by atoms with Crippen LogP contribution in [-0.2, 0) is 6.54 Å².